The maximum atomic E-state index is 13.5. The summed E-state index contributed by atoms with van der Waals surface area (Å²) >= 11 is 0. The molecule has 1 aromatic rings. The molecule has 6 nitrogen and oxygen atoms in total. The summed E-state index contributed by atoms with van der Waals surface area (Å²) in [6, 6.07) is 1.97. The first kappa shape index (κ1) is 16.7. The van der Waals surface area contributed by atoms with Crippen LogP contribution in [0, 0.1) is 11.6 Å². The largest absolute Gasteiger partial charge is 0.444 e. The summed E-state index contributed by atoms with van der Waals surface area (Å²) in [7, 11) is 0. The molecule has 0 aromatic heterocycles. The van der Waals surface area contributed by atoms with Gasteiger partial charge in [0.05, 0.1) is 5.69 Å². The van der Waals surface area contributed by atoms with Crippen LogP contribution in [0.1, 0.15) is 20.8 Å². The summed E-state index contributed by atoms with van der Waals surface area (Å²) in [5, 5.41) is 4.27. The zero-order valence-electron chi connectivity index (χ0n) is 11.9. The molecular weight excluding hydrogens is 284 g/mol. The molecule has 0 atom stereocenters. The number of nitrogens with two attached hydrogens (primary N) is 1. The molecule has 0 aliphatic heterocycles. The van der Waals surface area contributed by atoms with E-state index < -0.39 is 41.5 Å². The van der Waals surface area contributed by atoms with Crippen molar-refractivity contribution in [2.24, 2.45) is 0 Å². The summed E-state index contributed by atoms with van der Waals surface area (Å²) in [6.07, 6.45) is -0.801. The van der Waals surface area contributed by atoms with Crippen LogP contribution in [0.5, 0.6) is 0 Å². The van der Waals surface area contributed by atoms with Gasteiger partial charge in [0, 0.05) is 0 Å². The van der Waals surface area contributed by atoms with Crippen molar-refractivity contribution in [3.8, 4) is 0 Å². The number of benzene rings is 1. The molecule has 0 saturated heterocycles. The number of nitrogen functional groups attached to an aromatic ring is 1. The first-order chi connectivity index (χ1) is 9.60. The Bertz CT molecular complexity index is 556. The minimum atomic E-state index is -1.26. The van der Waals surface area contributed by atoms with Gasteiger partial charge < -0.3 is 21.1 Å². The predicted molar refractivity (Wildman–Crippen MR) is 73.6 cm³/mol. The molecule has 0 saturated carbocycles. The monoisotopic (exact) mass is 301 g/mol. The van der Waals surface area contributed by atoms with Crippen LogP contribution in [0.4, 0.5) is 25.0 Å². The van der Waals surface area contributed by atoms with Crippen molar-refractivity contribution in [2.45, 2.75) is 26.4 Å². The summed E-state index contributed by atoms with van der Waals surface area (Å²) in [5.74, 6) is -3.17. The maximum Gasteiger partial charge on any atom is 0.408 e. The van der Waals surface area contributed by atoms with Crippen LogP contribution in [0.25, 0.3) is 0 Å². The third-order valence-corrected chi connectivity index (χ3v) is 2.18. The van der Waals surface area contributed by atoms with Gasteiger partial charge in [-0.25, -0.2) is 13.6 Å². The van der Waals surface area contributed by atoms with Gasteiger partial charge in [-0.3, -0.25) is 4.79 Å². The minimum absolute atomic E-state index is 0.125. The van der Waals surface area contributed by atoms with Crippen LogP contribution in [-0.2, 0) is 9.53 Å². The molecule has 0 aliphatic rings. The molecule has 116 valence electrons. The number of halogens is 2. The van der Waals surface area contributed by atoms with E-state index in [0.29, 0.717) is 0 Å². The van der Waals surface area contributed by atoms with E-state index in [9.17, 15) is 18.4 Å². The smallest absolute Gasteiger partial charge is 0.408 e. The number of carbonyl (C=O) groups is 2. The van der Waals surface area contributed by atoms with Crippen LogP contribution >= 0.6 is 0 Å². The summed E-state index contributed by atoms with van der Waals surface area (Å²) in [4.78, 5) is 22.9. The number of rotatable bonds is 3. The average molecular weight is 301 g/mol. The Kier molecular flexibility index (Phi) is 5.07. The third-order valence-electron chi connectivity index (χ3n) is 2.18. The number of carbonyl (C=O) groups excluding carboxylic acids is 2. The molecular formula is C13H17F2N3O3. The summed E-state index contributed by atoms with van der Waals surface area (Å²) < 4.78 is 31.4. The minimum Gasteiger partial charge on any atom is -0.444 e. The lowest BCUT2D eigenvalue weighted by molar-refractivity contribution is -0.115. The van der Waals surface area contributed by atoms with Gasteiger partial charge in [0.2, 0.25) is 5.91 Å². The molecule has 1 rings (SSSR count). The van der Waals surface area contributed by atoms with Crippen molar-refractivity contribution < 1.29 is 23.1 Å². The van der Waals surface area contributed by atoms with Crippen LogP contribution in [0.15, 0.2) is 12.1 Å². The second-order valence-electron chi connectivity index (χ2n) is 5.23. The quantitative estimate of drug-likeness (QED) is 0.744. The zero-order chi connectivity index (χ0) is 16.2. The van der Waals surface area contributed by atoms with Gasteiger partial charge in [0.15, 0.2) is 11.6 Å². The SMILES string of the molecule is CC(C)(C)OC(=O)NCC(=O)Nc1c(N)ccc(F)c1F. The molecule has 21 heavy (non-hydrogen) atoms. The molecule has 0 fully saturated rings. The lowest BCUT2D eigenvalue weighted by Crippen LogP contribution is -2.37. The van der Waals surface area contributed by atoms with Gasteiger partial charge in [0.1, 0.15) is 17.8 Å². The summed E-state index contributed by atoms with van der Waals surface area (Å²) in [5.41, 5.74) is 4.14. The van der Waals surface area contributed by atoms with E-state index in [0.717, 1.165) is 12.1 Å². The number of anilines is 2. The van der Waals surface area contributed by atoms with Gasteiger partial charge in [-0.1, -0.05) is 0 Å². The average Bonchev–Trinajstić information content (AvgIpc) is 2.35. The van der Waals surface area contributed by atoms with Gasteiger partial charge in [-0.05, 0) is 32.9 Å². The number of alkyl carbamates (subject to hydrolysis) is 1. The predicted octanol–water partition coefficient (Wildman–Crippen LogP) is 2.01. The Labute approximate surface area is 120 Å². The fourth-order valence-corrected chi connectivity index (χ4v) is 1.34. The number of nitrogens with one attached hydrogen (secondary N) is 2. The molecule has 0 radical (unpaired) electrons. The van der Waals surface area contributed by atoms with E-state index in [1.807, 2.05) is 0 Å². The van der Waals surface area contributed by atoms with Gasteiger partial charge in [0.25, 0.3) is 0 Å². The Hall–Kier alpha value is -2.38. The van der Waals surface area contributed by atoms with Crippen molar-refractivity contribution in [3.63, 3.8) is 0 Å². The molecule has 0 bridgehead atoms. The number of ether oxygens (including phenoxy) is 1. The molecule has 1 aromatic carbocycles. The molecule has 2 amide bonds. The normalized spacial score (nSPS) is 10.9. The Morgan fingerprint density at radius 1 is 1.29 bits per heavy atom. The molecule has 0 spiro atoms. The van der Waals surface area contributed by atoms with Crippen LogP contribution < -0.4 is 16.4 Å². The van der Waals surface area contributed by atoms with E-state index in [-0.39, 0.29) is 5.69 Å². The topological polar surface area (TPSA) is 93.4 Å². The summed E-state index contributed by atoms with van der Waals surface area (Å²) in [6.45, 7) is 4.52. The molecule has 8 heteroatoms. The van der Waals surface area contributed by atoms with Crippen molar-refractivity contribution in [1.82, 2.24) is 5.32 Å². The molecule has 4 N–H and O–H groups in total. The lowest BCUT2D eigenvalue weighted by atomic mass is 10.2. The highest BCUT2D eigenvalue weighted by Crippen LogP contribution is 2.24. The van der Waals surface area contributed by atoms with Crippen molar-refractivity contribution in [1.29, 1.82) is 0 Å². The van der Waals surface area contributed by atoms with E-state index in [4.69, 9.17) is 10.5 Å². The van der Waals surface area contributed by atoms with E-state index in [1.54, 1.807) is 20.8 Å². The lowest BCUT2D eigenvalue weighted by Gasteiger charge is -2.19. The zero-order valence-corrected chi connectivity index (χ0v) is 11.9. The van der Waals surface area contributed by atoms with Gasteiger partial charge >= 0.3 is 6.09 Å². The van der Waals surface area contributed by atoms with Gasteiger partial charge in [-0.2, -0.15) is 0 Å². The Balaban J connectivity index is 2.60. The fourth-order valence-electron chi connectivity index (χ4n) is 1.34. The fraction of sp³-hybridized carbons (Fsp3) is 0.385. The Morgan fingerprint density at radius 3 is 2.48 bits per heavy atom. The first-order valence-electron chi connectivity index (χ1n) is 6.10. The maximum absolute atomic E-state index is 13.5. The second-order valence-corrected chi connectivity index (χ2v) is 5.23. The second kappa shape index (κ2) is 6.38. The standard InChI is InChI=1S/C13H17F2N3O3/c1-13(2,3)21-12(20)17-6-9(19)18-11-8(16)5-4-7(14)10(11)15/h4-5H,6,16H2,1-3H3,(H,17,20)(H,18,19). The van der Waals surface area contributed by atoms with Crippen LogP contribution in [-0.4, -0.2) is 24.1 Å². The first-order valence-corrected chi connectivity index (χ1v) is 6.10. The van der Waals surface area contributed by atoms with Crippen LogP contribution in [0.3, 0.4) is 0 Å². The van der Waals surface area contributed by atoms with E-state index in [1.165, 1.54) is 0 Å². The Morgan fingerprint density at radius 2 is 1.90 bits per heavy atom. The molecule has 0 heterocycles. The van der Waals surface area contributed by atoms with E-state index in [2.05, 4.69) is 10.6 Å². The van der Waals surface area contributed by atoms with Gasteiger partial charge in [-0.15, -0.1) is 0 Å². The van der Waals surface area contributed by atoms with Crippen LogP contribution in [0.2, 0.25) is 0 Å². The number of hydrogen-bond donors (Lipinski definition) is 3. The molecule has 0 unspecified atom stereocenters. The van der Waals surface area contributed by atoms with E-state index >= 15 is 0 Å². The van der Waals surface area contributed by atoms with Crippen molar-refractivity contribution in [2.75, 3.05) is 17.6 Å². The highest BCUT2D eigenvalue weighted by atomic mass is 19.2. The highest BCUT2D eigenvalue weighted by molar-refractivity contribution is 5.96. The third kappa shape index (κ3) is 5.25. The number of hydrogen-bond acceptors (Lipinski definition) is 4. The molecule has 0 aliphatic carbocycles. The van der Waals surface area contributed by atoms with Crippen molar-refractivity contribution >= 4 is 23.4 Å². The number of amides is 2. The highest BCUT2D eigenvalue weighted by Gasteiger charge is 2.18. The van der Waals surface area contributed by atoms with Crippen molar-refractivity contribution in [3.05, 3.63) is 23.8 Å².